The fraction of sp³-hybridized carbons (Fsp3) is 0.316. The van der Waals surface area contributed by atoms with E-state index >= 15 is 0 Å². The molecule has 0 aliphatic rings. The van der Waals surface area contributed by atoms with E-state index in [0.717, 1.165) is 31.3 Å². The Morgan fingerprint density at radius 1 is 1.00 bits per heavy atom. The van der Waals surface area contributed by atoms with Crippen LogP contribution < -0.4 is 10.5 Å². The van der Waals surface area contributed by atoms with E-state index in [1.807, 2.05) is 13.8 Å². The van der Waals surface area contributed by atoms with Gasteiger partial charge in [-0.3, -0.25) is 4.79 Å². The molecule has 2 N–H and O–H groups in total. The minimum atomic E-state index is -5.04. The van der Waals surface area contributed by atoms with E-state index in [9.17, 15) is 31.1 Å². The number of hydrogen-bond donors (Lipinski definition) is 1. The van der Waals surface area contributed by atoms with E-state index in [4.69, 9.17) is 10.5 Å². The van der Waals surface area contributed by atoms with Gasteiger partial charge in [-0.25, -0.2) is 0 Å². The lowest BCUT2D eigenvalue weighted by atomic mass is 10.1. The summed E-state index contributed by atoms with van der Waals surface area (Å²) in [4.78, 5) is 11.7. The number of carbonyl (C=O) groups is 1. The number of nitrogen functional groups attached to an aromatic ring is 1. The highest BCUT2D eigenvalue weighted by Crippen LogP contribution is 2.33. The van der Waals surface area contributed by atoms with Gasteiger partial charge < -0.3 is 15.4 Å². The highest BCUT2D eigenvalue weighted by molar-refractivity contribution is 5.81. The van der Waals surface area contributed by atoms with E-state index < -0.39 is 30.4 Å². The van der Waals surface area contributed by atoms with E-state index in [-0.39, 0.29) is 22.7 Å². The summed E-state index contributed by atoms with van der Waals surface area (Å²) in [5, 5.41) is 0. The molecule has 0 saturated heterocycles. The lowest BCUT2D eigenvalue weighted by molar-refractivity contribution is -0.184. The molecule has 0 aliphatic carbocycles. The summed E-state index contributed by atoms with van der Waals surface area (Å²) in [5.41, 5.74) is 5.13. The molecule has 4 nitrogen and oxygen atoms in total. The van der Waals surface area contributed by atoms with Crippen LogP contribution in [0.5, 0.6) is 11.5 Å². The van der Waals surface area contributed by atoms with E-state index in [0.29, 0.717) is 4.90 Å². The van der Waals surface area contributed by atoms with Crippen molar-refractivity contribution in [1.29, 1.82) is 0 Å². The van der Waals surface area contributed by atoms with Gasteiger partial charge in [0.15, 0.2) is 0 Å². The number of benzene rings is 2. The second kappa shape index (κ2) is 9.53. The number of ether oxygens (including phenoxy) is 1. The molecule has 2 aromatic carbocycles. The van der Waals surface area contributed by atoms with Crippen molar-refractivity contribution < 1.29 is 35.9 Å². The van der Waals surface area contributed by atoms with Gasteiger partial charge in [-0.05, 0) is 42.5 Å². The number of alkyl halides is 6. The number of hydrogen-bond acceptors (Lipinski definition) is 3. The highest BCUT2D eigenvalue weighted by Gasteiger charge is 2.41. The molecule has 0 aliphatic heterocycles. The van der Waals surface area contributed by atoms with Crippen molar-refractivity contribution in [2.45, 2.75) is 32.7 Å². The van der Waals surface area contributed by atoms with Gasteiger partial charge in [-0.1, -0.05) is 13.8 Å². The zero-order chi connectivity index (χ0) is 22.4. The van der Waals surface area contributed by atoms with Crippen molar-refractivity contribution in [3.63, 3.8) is 0 Å². The normalized spacial score (nSPS) is 11.3. The Morgan fingerprint density at radius 3 is 2.03 bits per heavy atom. The smallest absolute Gasteiger partial charge is 0.457 e. The van der Waals surface area contributed by atoms with Crippen LogP contribution in [-0.4, -0.2) is 24.0 Å². The lowest BCUT2D eigenvalue weighted by Crippen LogP contribution is -2.38. The van der Waals surface area contributed by atoms with Gasteiger partial charge in [0.2, 0.25) is 0 Å². The first kappa shape index (κ1) is 24.1. The van der Waals surface area contributed by atoms with Crippen LogP contribution in [0.25, 0.3) is 0 Å². The van der Waals surface area contributed by atoms with Crippen molar-refractivity contribution in [3.05, 3.63) is 53.6 Å². The number of anilines is 1. The second-order valence-corrected chi connectivity index (χ2v) is 5.65. The maximum absolute atomic E-state index is 12.6. The van der Waals surface area contributed by atoms with Crippen LogP contribution in [0.15, 0.2) is 42.5 Å². The number of carbonyl (C=O) groups excluding carboxylic acids is 1. The highest BCUT2D eigenvalue weighted by atomic mass is 19.4. The van der Waals surface area contributed by atoms with Gasteiger partial charge in [0.25, 0.3) is 0 Å². The predicted molar refractivity (Wildman–Crippen MR) is 96.2 cm³/mol. The first-order chi connectivity index (χ1) is 13.4. The molecular weight excluding hydrogens is 402 g/mol. The summed E-state index contributed by atoms with van der Waals surface area (Å²) in [5.74, 6) is -1.95. The first-order valence-corrected chi connectivity index (χ1v) is 8.43. The van der Waals surface area contributed by atoms with Crippen molar-refractivity contribution >= 4 is 11.6 Å². The molecule has 2 aromatic rings. The predicted octanol–water partition coefficient (Wildman–Crippen LogP) is 5.63. The Hall–Kier alpha value is -2.91. The van der Waals surface area contributed by atoms with Gasteiger partial charge >= 0.3 is 18.3 Å². The molecule has 0 radical (unpaired) electrons. The Morgan fingerprint density at radius 2 is 1.55 bits per heavy atom. The van der Waals surface area contributed by atoms with Crippen LogP contribution in [0.4, 0.5) is 32.0 Å². The van der Waals surface area contributed by atoms with Crippen molar-refractivity contribution in [3.8, 4) is 11.5 Å². The molecule has 160 valence electrons. The molecular formula is C19H20F6N2O2. The summed E-state index contributed by atoms with van der Waals surface area (Å²) in [6, 6.07) is 7.86. The number of rotatable bonds is 4. The SMILES string of the molecule is CC.CN(Cc1cc(N)ccc1Oc1ccc(C(F)(F)F)cc1)C(=O)C(F)(F)F. The molecule has 2 rings (SSSR count). The molecule has 0 bridgehead atoms. The zero-order valence-electron chi connectivity index (χ0n) is 15.9. The maximum atomic E-state index is 12.6. The molecule has 0 atom stereocenters. The summed E-state index contributed by atoms with van der Waals surface area (Å²) in [6.07, 6.45) is -9.55. The minimum Gasteiger partial charge on any atom is -0.457 e. The Balaban J connectivity index is 0.00000204. The summed E-state index contributed by atoms with van der Waals surface area (Å²) in [7, 11) is 0.959. The molecule has 0 spiro atoms. The monoisotopic (exact) mass is 422 g/mol. The van der Waals surface area contributed by atoms with E-state index in [1.54, 1.807) is 0 Å². The quantitative estimate of drug-likeness (QED) is 0.514. The van der Waals surface area contributed by atoms with Crippen molar-refractivity contribution in [2.75, 3.05) is 12.8 Å². The van der Waals surface area contributed by atoms with Gasteiger partial charge in [-0.2, -0.15) is 26.3 Å². The molecule has 10 heteroatoms. The maximum Gasteiger partial charge on any atom is 0.471 e. The van der Waals surface area contributed by atoms with Crippen LogP contribution in [0.2, 0.25) is 0 Å². The molecule has 0 heterocycles. The minimum absolute atomic E-state index is 0.0406. The third-order valence-electron chi connectivity index (χ3n) is 3.49. The molecule has 1 amide bonds. The summed E-state index contributed by atoms with van der Waals surface area (Å²) < 4.78 is 80.8. The summed E-state index contributed by atoms with van der Waals surface area (Å²) >= 11 is 0. The number of halogens is 6. The van der Waals surface area contributed by atoms with Gasteiger partial charge in [0, 0.05) is 24.8 Å². The molecule has 0 fully saturated rings. The number of amides is 1. The largest absolute Gasteiger partial charge is 0.471 e. The number of nitrogens with two attached hydrogens (primary N) is 1. The van der Waals surface area contributed by atoms with Crippen molar-refractivity contribution in [2.24, 2.45) is 0 Å². The van der Waals surface area contributed by atoms with Crippen LogP contribution >= 0.6 is 0 Å². The fourth-order valence-corrected chi connectivity index (χ4v) is 2.21. The molecule has 0 aromatic heterocycles. The Kier molecular flexibility index (Phi) is 7.93. The third kappa shape index (κ3) is 6.88. The average molecular weight is 422 g/mol. The first-order valence-electron chi connectivity index (χ1n) is 8.43. The van der Waals surface area contributed by atoms with Gasteiger partial charge in [0.05, 0.1) is 5.56 Å². The van der Waals surface area contributed by atoms with Crippen LogP contribution in [0.3, 0.4) is 0 Å². The van der Waals surface area contributed by atoms with Crippen molar-refractivity contribution in [1.82, 2.24) is 4.90 Å². The van der Waals surface area contributed by atoms with Gasteiger partial charge in [-0.15, -0.1) is 0 Å². The average Bonchev–Trinajstić information content (AvgIpc) is 2.64. The van der Waals surface area contributed by atoms with Gasteiger partial charge in [0.1, 0.15) is 11.5 Å². The second-order valence-electron chi connectivity index (χ2n) is 5.65. The fourth-order valence-electron chi connectivity index (χ4n) is 2.21. The van der Waals surface area contributed by atoms with Crippen LogP contribution in [0.1, 0.15) is 25.0 Å². The Labute approximate surface area is 163 Å². The van der Waals surface area contributed by atoms with E-state index in [2.05, 4.69) is 0 Å². The number of nitrogens with zero attached hydrogens (tertiary/aromatic N) is 1. The molecule has 0 unspecified atom stereocenters. The van der Waals surface area contributed by atoms with Crippen LogP contribution in [-0.2, 0) is 17.5 Å². The van der Waals surface area contributed by atoms with Crippen LogP contribution in [0, 0.1) is 0 Å². The molecule has 29 heavy (non-hydrogen) atoms. The standard InChI is InChI=1S/C17H14F6N2O2.C2H6/c1-25(15(26)17(21,22)23)9-10-8-12(24)4-7-14(10)27-13-5-2-11(3-6-13)16(18,19)20;1-2/h2-8H,9,24H2,1H3;1-2H3. The third-order valence-corrected chi connectivity index (χ3v) is 3.49. The summed E-state index contributed by atoms with van der Waals surface area (Å²) in [6.45, 7) is 3.54. The van der Waals surface area contributed by atoms with E-state index in [1.165, 1.54) is 18.2 Å². The zero-order valence-corrected chi connectivity index (χ0v) is 15.9. The topological polar surface area (TPSA) is 55.6 Å². The molecule has 0 saturated carbocycles. The lowest BCUT2D eigenvalue weighted by Gasteiger charge is -2.20. The Bertz CT molecular complexity index is 817.